The van der Waals surface area contributed by atoms with Gasteiger partial charge in [-0.05, 0) is 43.3 Å². The minimum Gasteiger partial charge on any atom is -0.494 e. The molecule has 2 N–H and O–H groups in total. The lowest BCUT2D eigenvalue weighted by Gasteiger charge is -2.14. The summed E-state index contributed by atoms with van der Waals surface area (Å²) in [5, 5.41) is 4.49. The number of carbonyl (C=O) groups is 1. The number of urea groups is 1. The zero-order chi connectivity index (χ0) is 18.3. The molecule has 0 spiro atoms. The Labute approximate surface area is 142 Å². The maximum atomic E-state index is 12.9. The van der Waals surface area contributed by atoms with Crippen LogP contribution in [0.3, 0.4) is 0 Å². The van der Waals surface area contributed by atoms with Crippen LogP contribution in [-0.4, -0.2) is 19.4 Å². The first-order valence-electron chi connectivity index (χ1n) is 7.47. The summed E-state index contributed by atoms with van der Waals surface area (Å²) < 4.78 is 49.1. The molecule has 8 heteroatoms. The summed E-state index contributed by atoms with van der Waals surface area (Å²) in [6, 6.07) is 10.6. The van der Waals surface area contributed by atoms with Gasteiger partial charge in [0.05, 0.1) is 17.9 Å². The number of para-hydroxylation sites is 1. The molecule has 2 rings (SSSR count). The zero-order valence-corrected chi connectivity index (χ0v) is 13.4. The number of carbonyl (C=O) groups excluding carboxylic acids is 1. The average Bonchev–Trinajstić information content (AvgIpc) is 2.56. The van der Waals surface area contributed by atoms with Crippen LogP contribution in [0.15, 0.2) is 48.5 Å². The minimum absolute atomic E-state index is 0.200. The molecule has 0 saturated heterocycles. The number of alkyl halides is 3. The van der Waals surface area contributed by atoms with Crippen molar-refractivity contribution < 1.29 is 27.4 Å². The number of halogens is 3. The summed E-state index contributed by atoms with van der Waals surface area (Å²) in [4.78, 5) is 11.7. The van der Waals surface area contributed by atoms with Crippen LogP contribution in [0.5, 0.6) is 11.5 Å². The Bertz CT molecular complexity index is 703. The van der Waals surface area contributed by atoms with Crippen molar-refractivity contribution in [1.29, 1.82) is 0 Å². The molecule has 2 aromatic carbocycles. The highest BCUT2D eigenvalue weighted by molar-refractivity contribution is 5.90. The molecule has 5 nitrogen and oxygen atoms in total. The van der Waals surface area contributed by atoms with E-state index in [0.29, 0.717) is 18.1 Å². The van der Waals surface area contributed by atoms with Crippen LogP contribution in [0.1, 0.15) is 12.5 Å². The lowest BCUT2D eigenvalue weighted by Crippen LogP contribution is -2.32. The summed E-state index contributed by atoms with van der Waals surface area (Å²) in [7, 11) is 0. The molecule has 0 saturated carbocycles. The third-order valence-electron chi connectivity index (χ3n) is 3.09. The number of hydrogen-bond acceptors (Lipinski definition) is 3. The van der Waals surface area contributed by atoms with Gasteiger partial charge < -0.3 is 20.1 Å². The van der Waals surface area contributed by atoms with E-state index in [2.05, 4.69) is 10.6 Å². The van der Waals surface area contributed by atoms with Gasteiger partial charge in [-0.3, -0.25) is 0 Å². The third kappa shape index (κ3) is 5.59. The van der Waals surface area contributed by atoms with Gasteiger partial charge in [0.25, 0.3) is 0 Å². The molecule has 0 aliphatic rings. The number of hydrogen-bond donors (Lipinski definition) is 2. The largest absolute Gasteiger partial charge is 0.494 e. The molecular formula is C17H17F3N2O3. The van der Waals surface area contributed by atoms with Gasteiger partial charge in [0.15, 0.2) is 6.73 Å². The molecule has 0 bridgehead atoms. The predicted octanol–water partition coefficient (Wildman–Crippen LogP) is 4.26. The van der Waals surface area contributed by atoms with Crippen LogP contribution in [0.2, 0.25) is 0 Å². The molecule has 134 valence electrons. The summed E-state index contributed by atoms with van der Waals surface area (Å²) in [5.74, 6) is 1.17. The molecule has 0 fully saturated rings. The molecular weight excluding hydrogens is 337 g/mol. The fourth-order valence-electron chi connectivity index (χ4n) is 1.99. The van der Waals surface area contributed by atoms with E-state index in [-0.39, 0.29) is 12.4 Å². The smallest absolute Gasteiger partial charge is 0.418 e. The third-order valence-corrected chi connectivity index (χ3v) is 3.09. The molecule has 0 heterocycles. The highest BCUT2D eigenvalue weighted by Gasteiger charge is 2.33. The van der Waals surface area contributed by atoms with Crippen LogP contribution in [-0.2, 0) is 6.18 Å². The van der Waals surface area contributed by atoms with E-state index in [1.807, 2.05) is 6.92 Å². The van der Waals surface area contributed by atoms with Crippen LogP contribution in [0.25, 0.3) is 0 Å². The van der Waals surface area contributed by atoms with Crippen molar-refractivity contribution in [3.05, 3.63) is 54.1 Å². The molecule has 0 atom stereocenters. The highest BCUT2D eigenvalue weighted by atomic mass is 19.4. The van der Waals surface area contributed by atoms with E-state index >= 15 is 0 Å². The Balaban J connectivity index is 1.85. The summed E-state index contributed by atoms with van der Waals surface area (Å²) >= 11 is 0. The topological polar surface area (TPSA) is 59.6 Å². The average molecular weight is 354 g/mol. The van der Waals surface area contributed by atoms with Crippen LogP contribution < -0.4 is 20.1 Å². The van der Waals surface area contributed by atoms with Crippen molar-refractivity contribution in [2.75, 3.05) is 18.7 Å². The highest BCUT2D eigenvalue weighted by Crippen LogP contribution is 2.34. The number of amides is 2. The van der Waals surface area contributed by atoms with Crippen molar-refractivity contribution in [2.45, 2.75) is 13.1 Å². The fourth-order valence-corrected chi connectivity index (χ4v) is 1.99. The van der Waals surface area contributed by atoms with E-state index < -0.39 is 17.8 Å². The monoisotopic (exact) mass is 354 g/mol. The van der Waals surface area contributed by atoms with Gasteiger partial charge in [-0.15, -0.1) is 0 Å². The molecule has 0 aliphatic heterocycles. The van der Waals surface area contributed by atoms with Gasteiger partial charge in [-0.1, -0.05) is 12.1 Å². The molecule has 0 aromatic heterocycles. The number of benzene rings is 2. The molecule has 2 amide bonds. The van der Waals surface area contributed by atoms with Gasteiger partial charge in [0, 0.05) is 0 Å². The zero-order valence-electron chi connectivity index (χ0n) is 13.4. The van der Waals surface area contributed by atoms with E-state index in [0.717, 1.165) is 6.07 Å². The normalized spacial score (nSPS) is 10.9. The number of nitrogens with one attached hydrogen (secondary N) is 2. The quantitative estimate of drug-likeness (QED) is 0.762. The summed E-state index contributed by atoms with van der Waals surface area (Å²) in [5.41, 5.74) is -1.24. The van der Waals surface area contributed by atoms with Crippen molar-refractivity contribution in [1.82, 2.24) is 5.32 Å². The SMILES string of the molecule is CCOc1ccc(OCNC(=O)Nc2ccccc2C(F)(F)F)cc1. The Morgan fingerprint density at radius 2 is 1.60 bits per heavy atom. The summed E-state index contributed by atoms with van der Waals surface area (Å²) in [6.07, 6.45) is -4.55. The van der Waals surface area contributed by atoms with Gasteiger partial charge in [0.1, 0.15) is 11.5 Å². The maximum absolute atomic E-state index is 12.9. The Hall–Kier alpha value is -2.90. The van der Waals surface area contributed by atoms with Crippen molar-refractivity contribution in [3.63, 3.8) is 0 Å². The van der Waals surface area contributed by atoms with E-state index in [1.54, 1.807) is 24.3 Å². The van der Waals surface area contributed by atoms with E-state index in [1.165, 1.54) is 18.2 Å². The van der Waals surface area contributed by atoms with Crippen molar-refractivity contribution in [2.24, 2.45) is 0 Å². The van der Waals surface area contributed by atoms with E-state index in [9.17, 15) is 18.0 Å². The number of ether oxygens (including phenoxy) is 2. The Morgan fingerprint density at radius 3 is 2.20 bits per heavy atom. The molecule has 2 aromatic rings. The van der Waals surface area contributed by atoms with Crippen LogP contribution >= 0.6 is 0 Å². The lowest BCUT2D eigenvalue weighted by atomic mass is 10.1. The fraction of sp³-hybridized carbons (Fsp3) is 0.235. The maximum Gasteiger partial charge on any atom is 0.418 e. The van der Waals surface area contributed by atoms with Crippen LogP contribution in [0, 0.1) is 0 Å². The second-order valence-electron chi connectivity index (χ2n) is 4.87. The minimum atomic E-state index is -4.55. The lowest BCUT2D eigenvalue weighted by molar-refractivity contribution is -0.136. The molecule has 0 radical (unpaired) electrons. The second-order valence-corrected chi connectivity index (χ2v) is 4.87. The Kier molecular flexibility index (Phi) is 6.10. The Morgan fingerprint density at radius 1 is 1.00 bits per heavy atom. The van der Waals surface area contributed by atoms with E-state index in [4.69, 9.17) is 9.47 Å². The summed E-state index contributed by atoms with van der Waals surface area (Å²) in [6.45, 7) is 2.21. The van der Waals surface area contributed by atoms with Gasteiger partial charge in [-0.25, -0.2) is 4.79 Å². The first-order chi connectivity index (χ1) is 11.9. The van der Waals surface area contributed by atoms with Gasteiger partial charge in [-0.2, -0.15) is 13.2 Å². The van der Waals surface area contributed by atoms with Gasteiger partial charge in [0.2, 0.25) is 0 Å². The van der Waals surface area contributed by atoms with Crippen LogP contribution in [0.4, 0.5) is 23.7 Å². The first kappa shape index (κ1) is 18.4. The molecule has 0 aliphatic carbocycles. The standard InChI is InChI=1S/C17H17F3N2O3/c1-2-24-12-7-9-13(10-8-12)25-11-21-16(23)22-15-6-4-3-5-14(15)17(18,19)20/h3-10H,2,11H2,1H3,(H2,21,22,23). The molecule has 0 unspecified atom stereocenters. The first-order valence-corrected chi connectivity index (χ1v) is 7.47. The van der Waals surface area contributed by atoms with Crippen molar-refractivity contribution in [3.8, 4) is 11.5 Å². The van der Waals surface area contributed by atoms with Gasteiger partial charge >= 0.3 is 12.2 Å². The molecule has 25 heavy (non-hydrogen) atoms. The second kappa shape index (κ2) is 8.27. The van der Waals surface area contributed by atoms with Crippen molar-refractivity contribution >= 4 is 11.7 Å². The predicted molar refractivity (Wildman–Crippen MR) is 86.7 cm³/mol. The number of rotatable bonds is 6. The number of anilines is 1.